The van der Waals surface area contributed by atoms with E-state index in [-0.39, 0.29) is 29.2 Å². The molecule has 4 aromatic rings. The third-order valence-corrected chi connectivity index (χ3v) is 5.15. The number of anilines is 1. The molecule has 2 aromatic heterocycles. The van der Waals surface area contributed by atoms with Gasteiger partial charge in [-0.25, -0.2) is 4.39 Å². The fourth-order valence-electron chi connectivity index (χ4n) is 3.17. The average molecular weight is 442 g/mol. The van der Waals surface area contributed by atoms with Crippen LogP contribution >= 0.6 is 0 Å². The molecular formula is C26H23FN4O2. The molecule has 166 valence electrons. The van der Waals surface area contributed by atoms with Crippen molar-refractivity contribution >= 4 is 28.3 Å². The minimum absolute atomic E-state index is 0.0718. The number of benzene rings is 2. The van der Waals surface area contributed by atoms with Gasteiger partial charge < -0.3 is 10.6 Å². The van der Waals surface area contributed by atoms with E-state index in [1.54, 1.807) is 42.7 Å². The highest BCUT2D eigenvalue weighted by molar-refractivity contribution is 5.97. The van der Waals surface area contributed by atoms with Crippen molar-refractivity contribution in [3.63, 3.8) is 0 Å². The molecule has 0 saturated heterocycles. The zero-order chi connectivity index (χ0) is 23.0. The lowest BCUT2D eigenvalue weighted by Crippen LogP contribution is -2.23. The lowest BCUT2D eigenvalue weighted by Gasteiger charge is -2.07. The van der Waals surface area contributed by atoms with E-state index in [4.69, 9.17) is 0 Å². The van der Waals surface area contributed by atoms with Gasteiger partial charge in [0.05, 0.1) is 17.9 Å². The Morgan fingerprint density at radius 2 is 1.73 bits per heavy atom. The van der Waals surface area contributed by atoms with Crippen molar-refractivity contribution in [3.05, 3.63) is 102 Å². The molecule has 1 fully saturated rings. The van der Waals surface area contributed by atoms with Crippen LogP contribution in [0.5, 0.6) is 0 Å². The Morgan fingerprint density at radius 3 is 2.45 bits per heavy atom. The Labute approximate surface area is 190 Å². The van der Waals surface area contributed by atoms with E-state index in [9.17, 15) is 14.0 Å². The van der Waals surface area contributed by atoms with Crippen molar-refractivity contribution in [3.8, 4) is 0 Å². The molecule has 0 bridgehead atoms. The van der Waals surface area contributed by atoms with E-state index in [1.807, 2.05) is 36.4 Å². The van der Waals surface area contributed by atoms with Crippen molar-refractivity contribution < 1.29 is 14.0 Å². The van der Waals surface area contributed by atoms with E-state index >= 15 is 0 Å². The zero-order valence-corrected chi connectivity index (χ0v) is 17.9. The Kier molecular flexibility index (Phi) is 6.99. The summed E-state index contributed by atoms with van der Waals surface area (Å²) in [7, 11) is 0. The highest BCUT2D eigenvalue weighted by Crippen LogP contribution is 2.31. The topological polar surface area (TPSA) is 84.0 Å². The lowest BCUT2D eigenvalue weighted by molar-refractivity contribution is -0.117. The number of fused-ring (bicyclic) bond motifs is 1. The molecule has 1 saturated carbocycles. The maximum Gasteiger partial charge on any atom is 0.251 e. The minimum Gasteiger partial charge on any atom is -0.346 e. The molecular weight excluding hydrogens is 419 g/mol. The smallest absolute Gasteiger partial charge is 0.251 e. The number of carbonyl (C=O) groups is 2. The number of hydrogen-bond acceptors (Lipinski definition) is 4. The summed E-state index contributed by atoms with van der Waals surface area (Å²) in [5.74, 6) is -0.481. The molecule has 2 aromatic carbocycles. The molecule has 1 aliphatic carbocycles. The van der Waals surface area contributed by atoms with Crippen molar-refractivity contribution in [1.29, 1.82) is 0 Å². The van der Waals surface area contributed by atoms with Crippen LogP contribution in [0.3, 0.4) is 0 Å². The summed E-state index contributed by atoms with van der Waals surface area (Å²) in [6.45, 7) is 0.453. The van der Waals surface area contributed by atoms with Gasteiger partial charge in [-0.05, 0) is 49.2 Å². The molecule has 2 amide bonds. The van der Waals surface area contributed by atoms with Gasteiger partial charge in [-0.15, -0.1) is 0 Å². The van der Waals surface area contributed by atoms with Gasteiger partial charge in [0.25, 0.3) is 5.91 Å². The van der Waals surface area contributed by atoms with Crippen LogP contribution in [0.2, 0.25) is 0 Å². The highest BCUT2D eigenvalue weighted by Gasteiger charge is 2.30. The third kappa shape index (κ3) is 5.98. The number of carbonyl (C=O) groups excluding carboxylic acids is 2. The third-order valence-electron chi connectivity index (χ3n) is 5.15. The molecule has 0 radical (unpaired) electrons. The Morgan fingerprint density at radius 1 is 0.939 bits per heavy atom. The highest BCUT2D eigenvalue weighted by atomic mass is 19.1. The monoisotopic (exact) mass is 442 g/mol. The van der Waals surface area contributed by atoms with Crippen molar-refractivity contribution in [2.45, 2.75) is 19.4 Å². The first kappa shape index (κ1) is 22.1. The summed E-state index contributed by atoms with van der Waals surface area (Å²) in [6.07, 6.45) is 6.67. The maximum atomic E-state index is 14.1. The number of nitrogens with zero attached hydrogens (tertiary/aromatic N) is 2. The number of halogens is 1. The second kappa shape index (κ2) is 10.5. The van der Waals surface area contributed by atoms with Gasteiger partial charge in [0, 0.05) is 40.8 Å². The van der Waals surface area contributed by atoms with Crippen LogP contribution in [0.25, 0.3) is 10.8 Å². The molecule has 0 atom stereocenters. The van der Waals surface area contributed by atoms with E-state index in [0.29, 0.717) is 17.5 Å². The van der Waals surface area contributed by atoms with Crippen LogP contribution in [-0.2, 0) is 11.3 Å². The summed E-state index contributed by atoms with van der Waals surface area (Å²) >= 11 is 0. The number of hydrogen-bond donors (Lipinski definition) is 2. The molecule has 2 heterocycles. The Balaban J connectivity index is 0.000000157. The van der Waals surface area contributed by atoms with Crippen LogP contribution in [0, 0.1) is 11.7 Å². The van der Waals surface area contributed by atoms with Gasteiger partial charge in [-0.3, -0.25) is 19.6 Å². The predicted octanol–water partition coefficient (Wildman–Crippen LogP) is 4.73. The van der Waals surface area contributed by atoms with E-state index in [2.05, 4.69) is 20.6 Å². The first-order valence-corrected chi connectivity index (χ1v) is 10.7. The number of nitrogens with one attached hydrogen (secondary N) is 2. The molecule has 5 rings (SSSR count). The average Bonchev–Trinajstić information content (AvgIpc) is 3.72. The lowest BCUT2D eigenvalue weighted by atomic mass is 10.1. The first-order chi connectivity index (χ1) is 16.1. The van der Waals surface area contributed by atoms with Crippen LogP contribution in [0.4, 0.5) is 10.1 Å². The fourth-order valence-corrected chi connectivity index (χ4v) is 3.17. The Bertz CT molecular complexity index is 1250. The van der Waals surface area contributed by atoms with Crippen molar-refractivity contribution in [2.75, 3.05) is 5.32 Å². The fraction of sp³-hybridized carbons (Fsp3) is 0.154. The van der Waals surface area contributed by atoms with Gasteiger partial charge in [0.2, 0.25) is 5.91 Å². The summed E-state index contributed by atoms with van der Waals surface area (Å²) in [5.41, 5.74) is 1.77. The molecule has 7 heteroatoms. The second-order valence-electron chi connectivity index (χ2n) is 7.66. The second-order valence-corrected chi connectivity index (χ2v) is 7.66. The molecule has 6 nitrogen and oxygen atoms in total. The molecule has 1 aliphatic rings. The first-order valence-electron chi connectivity index (χ1n) is 10.7. The normalized spacial score (nSPS) is 12.4. The standard InChI is InChI=1S/C13H11FN2O.C13H12N2O/c14-12-10-5-6-15-7-9(10)3-4-11(12)16-13(17)8-1-2-8;16-13(11-6-2-1-3-7-11)15-10-12-8-4-5-9-14-12/h3-8H,1-2H2,(H,16,17);1-9H,10H2,(H,15,16). The molecule has 0 unspecified atom stereocenters. The van der Waals surface area contributed by atoms with E-state index < -0.39 is 0 Å². The van der Waals surface area contributed by atoms with Gasteiger partial charge >= 0.3 is 0 Å². The van der Waals surface area contributed by atoms with Crippen LogP contribution in [0.1, 0.15) is 28.9 Å². The SMILES string of the molecule is O=C(NCc1ccccn1)c1ccccc1.O=C(Nc1ccc2cnccc2c1F)C1CC1. The van der Waals surface area contributed by atoms with Crippen LogP contribution in [-0.4, -0.2) is 21.8 Å². The number of rotatable bonds is 5. The van der Waals surface area contributed by atoms with E-state index in [1.165, 1.54) is 6.20 Å². The summed E-state index contributed by atoms with van der Waals surface area (Å²) in [4.78, 5) is 31.3. The van der Waals surface area contributed by atoms with Gasteiger partial charge in [-0.2, -0.15) is 0 Å². The molecule has 0 aliphatic heterocycles. The van der Waals surface area contributed by atoms with Crippen molar-refractivity contribution in [1.82, 2.24) is 15.3 Å². The van der Waals surface area contributed by atoms with E-state index in [0.717, 1.165) is 23.9 Å². The Hall–Kier alpha value is -4.13. The molecule has 2 N–H and O–H groups in total. The number of aromatic nitrogens is 2. The van der Waals surface area contributed by atoms with Crippen LogP contribution < -0.4 is 10.6 Å². The summed E-state index contributed by atoms with van der Waals surface area (Å²) < 4.78 is 14.1. The zero-order valence-electron chi connectivity index (χ0n) is 17.9. The van der Waals surface area contributed by atoms with Gasteiger partial charge in [-0.1, -0.05) is 30.3 Å². The van der Waals surface area contributed by atoms with Gasteiger partial charge in [0.15, 0.2) is 5.82 Å². The van der Waals surface area contributed by atoms with Gasteiger partial charge in [0.1, 0.15) is 0 Å². The quantitative estimate of drug-likeness (QED) is 0.468. The molecule has 0 spiro atoms. The van der Waals surface area contributed by atoms with Crippen LogP contribution in [0.15, 0.2) is 85.3 Å². The summed E-state index contributed by atoms with van der Waals surface area (Å²) in [6, 6.07) is 19.7. The summed E-state index contributed by atoms with van der Waals surface area (Å²) in [5, 5.41) is 6.65. The minimum atomic E-state index is -0.390. The molecule has 33 heavy (non-hydrogen) atoms. The maximum absolute atomic E-state index is 14.1. The largest absolute Gasteiger partial charge is 0.346 e. The van der Waals surface area contributed by atoms with Crippen molar-refractivity contribution in [2.24, 2.45) is 5.92 Å². The number of amides is 2. The number of pyridine rings is 2. The predicted molar refractivity (Wildman–Crippen MR) is 125 cm³/mol.